The van der Waals surface area contributed by atoms with E-state index in [9.17, 15) is 36.7 Å². The zero-order chi connectivity index (χ0) is 31.6. The van der Waals surface area contributed by atoms with Crippen LogP contribution in [0.4, 0.5) is 23.2 Å². The number of anilines is 1. The van der Waals surface area contributed by atoms with Crippen molar-refractivity contribution in [2.24, 2.45) is 16.5 Å². The molecule has 1 aromatic heterocycles. The Bertz CT molecular complexity index is 1630. The summed E-state index contributed by atoms with van der Waals surface area (Å²) in [5, 5.41) is 10.4. The van der Waals surface area contributed by atoms with Gasteiger partial charge >= 0.3 is 18.1 Å². The Labute approximate surface area is 258 Å². The molecule has 0 radical (unpaired) electrons. The summed E-state index contributed by atoms with van der Waals surface area (Å²) in [7, 11) is 0. The van der Waals surface area contributed by atoms with E-state index in [0.29, 0.717) is 8.96 Å². The van der Waals surface area contributed by atoms with E-state index in [1.807, 2.05) is 22.6 Å². The molecule has 3 atom stereocenters. The minimum absolute atomic E-state index is 0.0272. The number of guanidine groups is 1. The second kappa shape index (κ2) is 12.7. The van der Waals surface area contributed by atoms with E-state index in [-0.39, 0.29) is 46.4 Å². The highest BCUT2D eigenvalue weighted by Crippen LogP contribution is 2.38. The van der Waals surface area contributed by atoms with E-state index >= 15 is 0 Å². The van der Waals surface area contributed by atoms with Gasteiger partial charge in [-0.1, -0.05) is 11.6 Å². The van der Waals surface area contributed by atoms with Crippen LogP contribution < -0.4 is 22.1 Å². The number of amides is 2. The first-order valence-electron chi connectivity index (χ1n) is 12.2. The lowest BCUT2D eigenvalue weighted by molar-refractivity contribution is -0.202. The lowest BCUT2D eigenvalue weighted by Gasteiger charge is -2.26. The molecule has 43 heavy (non-hydrogen) atoms. The van der Waals surface area contributed by atoms with Crippen LogP contribution in [0.5, 0.6) is 0 Å². The Kier molecular flexibility index (Phi) is 9.43. The van der Waals surface area contributed by atoms with E-state index < -0.39 is 54.5 Å². The molecule has 18 heteroatoms. The molecule has 0 aliphatic carbocycles. The summed E-state index contributed by atoms with van der Waals surface area (Å²) in [4.78, 5) is 53.2. The van der Waals surface area contributed by atoms with Crippen LogP contribution in [-0.4, -0.2) is 64.9 Å². The molecule has 3 aromatic rings. The SMILES string of the molecule is NC(=O)c1cc(NC2=NCC(F)CN2)c2cnn(C(C(N)=O)[C@@H](CC(=O)OC(=O)C(F)(F)F)c3cc(Cl)cc(I)c3)c2c1. The Morgan fingerprint density at radius 1 is 1.19 bits per heavy atom. The molecule has 2 aromatic carbocycles. The molecule has 4 rings (SSSR count). The van der Waals surface area contributed by atoms with Crippen molar-refractivity contribution in [3.8, 4) is 0 Å². The maximum atomic E-state index is 13.5. The number of nitrogens with two attached hydrogens (primary N) is 2. The van der Waals surface area contributed by atoms with Gasteiger partial charge in [0.2, 0.25) is 11.8 Å². The molecule has 0 saturated heterocycles. The summed E-state index contributed by atoms with van der Waals surface area (Å²) in [6.45, 7) is -0.148. The molecular formula is C25H21ClF4IN7O5. The molecule has 228 valence electrons. The fraction of sp³-hybridized carbons (Fsp3) is 0.280. The predicted octanol–water partition coefficient (Wildman–Crippen LogP) is 2.93. The summed E-state index contributed by atoms with van der Waals surface area (Å²) in [5.41, 5.74) is 11.8. The molecule has 2 unspecified atom stereocenters. The number of nitrogens with zero attached hydrogens (tertiary/aromatic N) is 3. The van der Waals surface area contributed by atoms with Gasteiger partial charge in [-0.3, -0.25) is 19.1 Å². The number of esters is 2. The third-order valence-electron chi connectivity index (χ3n) is 6.27. The van der Waals surface area contributed by atoms with Gasteiger partial charge in [-0.05, 0) is 58.5 Å². The highest BCUT2D eigenvalue weighted by molar-refractivity contribution is 14.1. The number of ether oxygens (including phenoxy) is 1. The van der Waals surface area contributed by atoms with Crippen molar-refractivity contribution in [2.45, 2.75) is 30.7 Å². The van der Waals surface area contributed by atoms with Gasteiger partial charge in [-0.25, -0.2) is 14.2 Å². The fourth-order valence-corrected chi connectivity index (χ4v) is 5.54. The molecule has 12 nitrogen and oxygen atoms in total. The van der Waals surface area contributed by atoms with Gasteiger partial charge in [-0.2, -0.15) is 18.3 Å². The van der Waals surface area contributed by atoms with E-state index in [1.165, 1.54) is 30.5 Å². The number of alkyl halides is 4. The number of nitrogens with one attached hydrogen (secondary N) is 2. The number of benzene rings is 2. The normalized spacial score (nSPS) is 16.5. The first kappa shape index (κ1) is 31.9. The van der Waals surface area contributed by atoms with Gasteiger partial charge in [0.1, 0.15) is 12.2 Å². The van der Waals surface area contributed by atoms with Crippen LogP contribution >= 0.6 is 34.2 Å². The topological polar surface area (TPSA) is 184 Å². The molecule has 2 amide bonds. The van der Waals surface area contributed by atoms with Crippen molar-refractivity contribution in [3.05, 3.63) is 56.2 Å². The van der Waals surface area contributed by atoms with Gasteiger partial charge in [0.25, 0.3) is 0 Å². The highest BCUT2D eigenvalue weighted by Gasteiger charge is 2.43. The molecular weight excluding hydrogens is 717 g/mol. The van der Waals surface area contributed by atoms with Crippen LogP contribution in [0, 0.1) is 3.57 Å². The Hall–Kier alpha value is -4.00. The number of carbonyl (C=O) groups is 4. The Balaban J connectivity index is 1.85. The number of hydrogen-bond donors (Lipinski definition) is 4. The third kappa shape index (κ3) is 7.51. The van der Waals surface area contributed by atoms with Crippen LogP contribution in [0.25, 0.3) is 10.9 Å². The molecule has 0 spiro atoms. The minimum atomic E-state index is -5.45. The molecule has 1 aliphatic rings. The zero-order valence-corrected chi connectivity index (χ0v) is 24.5. The van der Waals surface area contributed by atoms with Crippen molar-refractivity contribution in [1.82, 2.24) is 15.1 Å². The average molecular weight is 738 g/mol. The van der Waals surface area contributed by atoms with Gasteiger partial charge in [-0.15, -0.1) is 0 Å². The molecule has 1 aliphatic heterocycles. The number of hydrogen-bond acceptors (Lipinski definition) is 9. The number of aromatic nitrogens is 2. The maximum Gasteiger partial charge on any atom is 0.491 e. The fourth-order valence-electron chi connectivity index (χ4n) is 4.41. The van der Waals surface area contributed by atoms with Crippen molar-refractivity contribution in [2.75, 3.05) is 18.4 Å². The van der Waals surface area contributed by atoms with Crippen molar-refractivity contribution >= 4 is 80.5 Å². The van der Waals surface area contributed by atoms with Crippen LogP contribution in [0.3, 0.4) is 0 Å². The van der Waals surface area contributed by atoms with Crippen molar-refractivity contribution in [1.29, 1.82) is 0 Å². The number of fused-ring (bicyclic) bond motifs is 1. The minimum Gasteiger partial charge on any atom is -0.386 e. The number of aliphatic imine (C=N–C) groups is 1. The number of primary amides is 2. The summed E-state index contributed by atoms with van der Waals surface area (Å²) in [5.74, 6) is -7.47. The van der Waals surface area contributed by atoms with E-state index in [1.54, 1.807) is 6.07 Å². The predicted molar refractivity (Wildman–Crippen MR) is 154 cm³/mol. The molecule has 6 N–H and O–H groups in total. The van der Waals surface area contributed by atoms with E-state index in [4.69, 9.17) is 23.1 Å². The largest absolute Gasteiger partial charge is 0.491 e. The quantitative estimate of drug-likeness (QED) is 0.118. The Morgan fingerprint density at radius 3 is 2.49 bits per heavy atom. The van der Waals surface area contributed by atoms with Gasteiger partial charge in [0.05, 0.1) is 36.9 Å². The van der Waals surface area contributed by atoms with Crippen LogP contribution in [-0.2, 0) is 19.1 Å². The lowest BCUT2D eigenvalue weighted by atomic mass is 9.87. The van der Waals surface area contributed by atoms with Crippen LogP contribution in [0.2, 0.25) is 5.02 Å². The van der Waals surface area contributed by atoms with Gasteiger partial charge in [0, 0.05) is 25.5 Å². The average Bonchev–Trinajstić information content (AvgIpc) is 3.32. The lowest BCUT2D eigenvalue weighted by Crippen LogP contribution is -2.41. The summed E-state index contributed by atoms with van der Waals surface area (Å²) < 4.78 is 57.5. The summed E-state index contributed by atoms with van der Waals surface area (Å²) in [6.07, 6.45) is -6.29. The molecule has 0 fully saturated rings. The van der Waals surface area contributed by atoms with Gasteiger partial charge in [0.15, 0.2) is 5.96 Å². The molecule has 2 heterocycles. The third-order valence-corrected chi connectivity index (χ3v) is 7.11. The van der Waals surface area contributed by atoms with Gasteiger partial charge < -0.3 is 26.8 Å². The highest BCUT2D eigenvalue weighted by atomic mass is 127. The van der Waals surface area contributed by atoms with E-state index in [0.717, 1.165) is 4.68 Å². The standard InChI is InChI=1S/C25H21ClF4IN7O5/c26-12-1-10(2-14(31)5-12)15(6-19(39)43-23(42)25(28,29)30)20(22(33)41)38-18-4-11(21(32)40)3-17(16(18)9-36-38)37-24-34-7-13(27)8-35-24/h1-5,9,13,15,20H,6-8H2,(H2,32,40)(H2,33,41)(H2,34,35,37)/t15-,20?/m0/s1. The second-order valence-corrected chi connectivity index (χ2v) is 11.0. The van der Waals surface area contributed by atoms with Crippen LogP contribution in [0.15, 0.2) is 41.5 Å². The maximum absolute atomic E-state index is 13.5. The molecule has 0 saturated carbocycles. The first-order chi connectivity index (χ1) is 20.1. The van der Waals surface area contributed by atoms with Crippen LogP contribution in [0.1, 0.15) is 34.3 Å². The van der Waals surface area contributed by atoms with E-state index in [2.05, 4.69) is 25.5 Å². The second-order valence-electron chi connectivity index (χ2n) is 9.32. The monoisotopic (exact) mass is 737 g/mol. The Morgan fingerprint density at radius 2 is 1.91 bits per heavy atom. The van der Waals surface area contributed by atoms with Crippen molar-refractivity contribution < 1.29 is 41.5 Å². The summed E-state index contributed by atoms with van der Waals surface area (Å²) >= 11 is 8.09. The number of carbonyl (C=O) groups excluding carboxylic acids is 4. The summed E-state index contributed by atoms with van der Waals surface area (Å²) in [6, 6.07) is 5.49. The number of halogens is 6. The van der Waals surface area contributed by atoms with Crippen molar-refractivity contribution in [3.63, 3.8) is 0 Å². The smallest absolute Gasteiger partial charge is 0.386 e. The zero-order valence-electron chi connectivity index (χ0n) is 21.6. The number of rotatable bonds is 8. The molecule has 0 bridgehead atoms. The first-order valence-corrected chi connectivity index (χ1v) is 13.7.